The number of sulfonamides is 1. The fraction of sp³-hybridized carbons (Fsp3) is 0.333. The SMILES string of the molecule is Cc1ccc(S(=O)(=O)N2CC=C(C(F)(F)F)C2)cc1. The molecule has 1 aliphatic rings. The first-order valence-corrected chi connectivity index (χ1v) is 6.98. The minimum absolute atomic E-state index is 0.00919. The molecule has 0 N–H and O–H groups in total. The molecule has 0 saturated heterocycles. The van der Waals surface area contributed by atoms with Crippen LogP contribution in [0.5, 0.6) is 0 Å². The molecule has 2 rings (SSSR count). The second-order valence-electron chi connectivity index (χ2n) is 4.34. The Kier molecular flexibility index (Phi) is 3.44. The Balaban J connectivity index is 2.22. The molecule has 7 heteroatoms. The molecule has 0 saturated carbocycles. The monoisotopic (exact) mass is 291 g/mol. The maximum absolute atomic E-state index is 12.5. The number of nitrogens with zero attached hydrogens (tertiary/aromatic N) is 1. The average Bonchev–Trinajstić information content (AvgIpc) is 2.79. The summed E-state index contributed by atoms with van der Waals surface area (Å²) in [4.78, 5) is 0.00919. The molecule has 0 fully saturated rings. The molecule has 0 bridgehead atoms. The van der Waals surface area contributed by atoms with E-state index in [1.807, 2.05) is 0 Å². The Morgan fingerprint density at radius 1 is 1.16 bits per heavy atom. The van der Waals surface area contributed by atoms with Crippen LogP contribution in [0.3, 0.4) is 0 Å². The molecule has 19 heavy (non-hydrogen) atoms. The third-order valence-electron chi connectivity index (χ3n) is 2.91. The van der Waals surface area contributed by atoms with Gasteiger partial charge in [0.05, 0.1) is 4.90 Å². The van der Waals surface area contributed by atoms with E-state index in [0.29, 0.717) is 0 Å². The summed E-state index contributed by atoms with van der Waals surface area (Å²) < 4.78 is 62.6. The molecule has 0 aliphatic carbocycles. The molecule has 3 nitrogen and oxygen atoms in total. The van der Waals surface area contributed by atoms with Crippen molar-refractivity contribution in [2.45, 2.75) is 18.0 Å². The molecule has 1 aliphatic heterocycles. The van der Waals surface area contributed by atoms with E-state index >= 15 is 0 Å². The minimum atomic E-state index is -4.47. The Hall–Kier alpha value is -1.34. The Labute approximate surface area is 109 Å². The Morgan fingerprint density at radius 3 is 2.21 bits per heavy atom. The van der Waals surface area contributed by atoms with Gasteiger partial charge in [-0.05, 0) is 19.1 Å². The van der Waals surface area contributed by atoms with Crippen molar-refractivity contribution in [3.8, 4) is 0 Å². The van der Waals surface area contributed by atoms with Crippen LogP contribution in [0, 0.1) is 6.92 Å². The van der Waals surface area contributed by atoms with Crippen LogP contribution in [-0.2, 0) is 10.0 Å². The first-order chi connectivity index (χ1) is 8.71. The van der Waals surface area contributed by atoms with Crippen LogP contribution in [0.4, 0.5) is 13.2 Å². The fourth-order valence-electron chi connectivity index (χ4n) is 1.78. The first kappa shape index (κ1) is 14.1. The molecule has 104 valence electrons. The molecule has 0 unspecified atom stereocenters. The third kappa shape index (κ3) is 2.82. The van der Waals surface area contributed by atoms with Gasteiger partial charge in [0, 0.05) is 18.7 Å². The summed E-state index contributed by atoms with van der Waals surface area (Å²) >= 11 is 0. The van der Waals surface area contributed by atoms with Gasteiger partial charge in [0.1, 0.15) is 0 Å². The van der Waals surface area contributed by atoms with Crippen LogP contribution >= 0.6 is 0 Å². The van der Waals surface area contributed by atoms with Crippen LogP contribution < -0.4 is 0 Å². The van der Waals surface area contributed by atoms with Crippen LogP contribution in [0.15, 0.2) is 40.8 Å². The summed E-state index contributed by atoms with van der Waals surface area (Å²) in [5.74, 6) is 0. The van der Waals surface area contributed by atoms with Gasteiger partial charge in [-0.2, -0.15) is 17.5 Å². The van der Waals surface area contributed by atoms with E-state index in [-0.39, 0.29) is 11.4 Å². The topological polar surface area (TPSA) is 37.4 Å². The predicted octanol–water partition coefficient (Wildman–Crippen LogP) is 2.49. The van der Waals surface area contributed by atoms with E-state index < -0.39 is 28.3 Å². The van der Waals surface area contributed by atoms with Crippen molar-refractivity contribution in [1.82, 2.24) is 4.31 Å². The highest BCUT2D eigenvalue weighted by molar-refractivity contribution is 7.89. The smallest absolute Gasteiger partial charge is 0.207 e. The zero-order valence-corrected chi connectivity index (χ0v) is 10.9. The quantitative estimate of drug-likeness (QED) is 0.785. The minimum Gasteiger partial charge on any atom is -0.207 e. The van der Waals surface area contributed by atoms with Crippen molar-refractivity contribution in [3.05, 3.63) is 41.5 Å². The van der Waals surface area contributed by atoms with Crippen LogP contribution in [-0.4, -0.2) is 32.0 Å². The normalized spacial score (nSPS) is 17.6. The molecular weight excluding hydrogens is 279 g/mol. The number of alkyl halides is 3. The Bertz CT molecular complexity index is 603. The second kappa shape index (κ2) is 4.64. The molecular formula is C12H12F3NO2S. The van der Waals surface area contributed by atoms with E-state index in [1.165, 1.54) is 12.1 Å². The summed E-state index contributed by atoms with van der Waals surface area (Å²) in [6.07, 6.45) is -3.57. The average molecular weight is 291 g/mol. The van der Waals surface area contributed by atoms with Gasteiger partial charge >= 0.3 is 6.18 Å². The summed E-state index contributed by atoms with van der Waals surface area (Å²) in [7, 11) is -3.87. The van der Waals surface area contributed by atoms with E-state index in [1.54, 1.807) is 19.1 Å². The van der Waals surface area contributed by atoms with Crippen molar-refractivity contribution in [2.24, 2.45) is 0 Å². The summed E-state index contributed by atoms with van der Waals surface area (Å²) in [6, 6.07) is 6.02. The van der Waals surface area contributed by atoms with Crippen molar-refractivity contribution in [3.63, 3.8) is 0 Å². The van der Waals surface area contributed by atoms with Gasteiger partial charge in [0.25, 0.3) is 0 Å². The molecule has 0 spiro atoms. The third-order valence-corrected chi connectivity index (χ3v) is 4.74. The van der Waals surface area contributed by atoms with Gasteiger partial charge in [-0.1, -0.05) is 23.8 Å². The van der Waals surface area contributed by atoms with Gasteiger partial charge in [0.15, 0.2) is 0 Å². The number of benzene rings is 1. The zero-order chi connectivity index (χ0) is 14.3. The Morgan fingerprint density at radius 2 is 1.74 bits per heavy atom. The zero-order valence-electron chi connectivity index (χ0n) is 10.1. The molecule has 0 amide bonds. The number of hydrogen-bond acceptors (Lipinski definition) is 2. The molecule has 0 atom stereocenters. The summed E-state index contributed by atoms with van der Waals surface area (Å²) in [5, 5.41) is 0. The van der Waals surface area contributed by atoms with E-state index in [9.17, 15) is 21.6 Å². The molecule has 1 heterocycles. The molecule has 1 aromatic rings. The molecule has 0 radical (unpaired) electrons. The number of aryl methyl sites for hydroxylation is 1. The highest BCUT2D eigenvalue weighted by atomic mass is 32.2. The first-order valence-electron chi connectivity index (χ1n) is 5.54. The lowest BCUT2D eigenvalue weighted by Gasteiger charge is -2.17. The van der Waals surface area contributed by atoms with Gasteiger partial charge in [-0.3, -0.25) is 0 Å². The molecule has 1 aromatic carbocycles. The lowest BCUT2D eigenvalue weighted by Crippen LogP contribution is -2.30. The van der Waals surface area contributed by atoms with Crippen molar-refractivity contribution >= 4 is 10.0 Å². The highest BCUT2D eigenvalue weighted by Crippen LogP contribution is 2.31. The standard InChI is InChI=1S/C12H12F3NO2S/c1-9-2-4-11(5-3-9)19(17,18)16-7-6-10(8-16)12(13,14)15/h2-6H,7-8H2,1H3. The van der Waals surface area contributed by atoms with Crippen molar-refractivity contribution in [2.75, 3.05) is 13.1 Å². The summed E-state index contributed by atoms with van der Waals surface area (Å²) in [5.41, 5.74) is 0.0673. The lowest BCUT2D eigenvalue weighted by molar-refractivity contribution is -0.0926. The number of hydrogen-bond donors (Lipinski definition) is 0. The maximum Gasteiger partial charge on any atom is 0.413 e. The van der Waals surface area contributed by atoms with Gasteiger partial charge < -0.3 is 0 Å². The predicted molar refractivity (Wildman–Crippen MR) is 64.1 cm³/mol. The van der Waals surface area contributed by atoms with Crippen LogP contribution in [0.2, 0.25) is 0 Å². The van der Waals surface area contributed by atoms with E-state index in [4.69, 9.17) is 0 Å². The van der Waals surface area contributed by atoms with Gasteiger partial charge in [-0.25, -0.2) is 8.42 Å². The number of halogens is 3. The van der Waals surface area contributed by atoms with Crippen LogP contribution in [0.25, 0.3) is 0 Å². The van der Waals surface area contributed by atoms with Crippen molar-refractivity contribution in [1.29, 1.82) is 0 Å². The largest absolute Gasteiger partial charge is 0.413 e. The number of rotatable bonds is 2. The second-order valence-corrected chi connectivity index (χ2v) is 6.28. The molecule has 0 aromatic heterocycles. The lowest BCUT2D eigenvalue weighted by atomic mass is 10.2. The summed E-state index contributed by atoms with van der Waals surface area (Å²) in [6.45, 7) is 0.931. The van der Waals surface area contributed by atoms with Gasteiger partial charge in [-0.15, -0.1) is 0 Å². The maximum atomic E-state index is 12.5. The van der Waals surface area contributed by atoms with Gasteiger partial charge in [0.2, 0.25) is 10.0 Å². The fourth-order valence-corrected chi connectivity index (χ4v) is 3.14. The van der Waals surface area contributed by atoms with E-state index in [2.05, 4.69) is 0 Å². The van der Waals surface area contributed by atoms with E-state index in [0.717, 1.165) is 15.9 Å². The van der Waals surface area contributed by atoms with Crippen molar-refractivity contribution < 1.29 is 21.6 Å². The highest BCUT2D eigenvalue weighted by Gasteiger charge is 2.40. The van der Waals surface area contributed by atoms with Crippen LogP contribution in [0.1, 0.15) is 5.56 Å².